The lowest BCUT2D eigenvalue weighted by atomic mass is 9.96. The van der Waals surface area contributed by atoms with Crippen molar-refractivity contribution in [3.8, 4) is 5.69 Å². The van der Waals surface area contributed by atoms with Crippen molar-refractivity contribution < 1.29 is 0 Å². The molecule has 3 heterocycles. The summed E-state index contributed by atoms with van der Waals surface area (Å²) in [7, 11) is 4.22. The summed E-state index contributed by atoms with van der Waals surface area (Å²) in [6.07, 6.45) is 2.91. The second-order valence-electron chi connectivity index (χ2n) is 8.62. The fourth-order valence-corrected chi connectivity index (χ4v) is 5.21. The van der Waals surface area contributed by atoms with E-state index >= 15 is 0 Å². The van der Waals surface area contributed by atoms with Gasteiger partial charge in [0.2, 0.25) is 0 Å². The predicted molar refractivity (Wildman–Crippen MR) is 138 cm³/mol. The lowest BCUT2D eigenvalue weighted by Gasteiger charge is -2.28. The van der Waals surface area contributed by atoms with Gasteiger partial charge in [-0.3, -0.25) is 4.98 Å². The lowest BCUT2D eigenvalue weighted by molar-refractivity contribution is 0.292. The third kappa shape index (κ3) is 4.60. The van der Waals surface area contributed by atoms with Gasteiger partial charge < -0.3 is 19.7 Å². The van der Waals surface area contributed by atoms with Crippen molar-refractivity contribution in [2.45, 2.75) is 32.4 Å². The van der Waals surface area contributed by atoms with Crippen LogP contribution in [0, 0.1) is 13.8 Å². The zero-order valence-corrected chi connectivity index (χ0v) is 21.4. The molecule has 2 aromatic heterocycles. The second kappa shape index (κ2) is 9.73. The average molecular weight is 513 g/mol. The number of aryl methyl sites for hydroxylation is 1. The Balaban J connectivity index is 1.76. The second-order valence-corrected chi connectivity index (χ2v) is 9.92. The van der Waals surface area contributed by atoms with Crippen LogP contribution in [0.25, 0.3) is 5.69 Å². The quantitative estimate of drug-likeness (QED) is 0.442. The van der Waals surface area contributed by atoms with E-state index in [2.05, 4.69) is 105 Å². The number of thiocarbonyl (C=S) groups is 1. The molecule has 2 atom stereocenters. The molecule has 1 aromatic carbocycles. The van der Waals surface area contributed by atoms with E-state index in [0.717, 1.165) is 40.5 Å². The molecule has 5 nitrogen and oxygen atoms in total. The third-order valence-electron chi connectivity index (χ3n) is 6.08. The van der Waals surface area contributed by atoms with E-state index in [-0.39, 0.29) is 12.1 Å². The first-order valence-electron chi connectivity index (χ1n) is 10.9. The molecule has 32 heavy (non-hydrogen) atoms. The molecule has 0 spiro atoms. The van der Waals surface area contributed by atoms with Crippen LogP contribution in [0.5, 0.6) is 0 Å². The molecule has 1 N–H and O–H groups in total. The summed E-state index contributed by atoms with van der Waals surface area (Å²) < 4.78 is 3.41. The molecule has 1 aliphatic heterocycles. The van der Waals surface area contributed by atoms with Crippen LogP contribution in [0.4, 0.5) is 0 Å². The molecule has 3 aromatic rings. The maximum absolute atomic E-state index is 5.83. The summed E-state index contributed by atoms with van der Waals surface area (Å²) in [5.74, 6) is 0. The molecular weight excluding hydrogens is 482 g/mol. The number of rotatable bonds is 7. The fraction of sp³-hybridized carbons (Fsp3) is 0.360. The van der Waals surface area contributed by atoms with Crippen LogP contribution in [-0.4, -0.2) is 51.6 Å². The van der Waals surface area contributed by atoms with Crippen LogP contribution in [0.2, 0.25) is 0 Å². The summed E-state index contributed by atoms with van der Waals surface area (Å²) in [6, 6.07) is 17.0. The highest BCUT2D eigenvalue weighted by Gasteiger charge is 2.41. The Labute approximate surface area is 204 Å². The number of benzene rings is 1. The van der Waals surface area contributed by atoms with Crippen LogP contribution >= 0.6 is 28.1 Å². The average Bonchev–Trinajstić information content (AvgIpc) is 3.25. The number of pyridine rings is 1. The van der Waals surface area contributed by atoms with Gasteiger partial charge in [0.05, 0.1) is 17.8 Å². The molecule has 1 saturated heterocycles. The standard InChI is InChI=1S/C25H30BrN5S/c1-17-16-21(18(2)31(17)20-11-9-19(26)10-12-20)24-23(22-8-5-6-13-27-22)28-25(32)30(24)15-7-14-29(3)4/h5-6,8-13,16,23-24H,7,14-15H2,1-4H3,(H,28,32)/t23-,24+/m1/s1. The van der Waals surface area contributed by atoms with E-state index in [1.807, 2.05) is 18.3 Å². The molecular formula is C25H30BrN5S. The highest BCUT2D eigenvalue weighted by atomic mass is 79.9. The minimum absolute atomic E-state index is 0.0157. The van der Waals surface area contributed by atoms with Gasteiger partial charge in [0.25, 0.3) is 0 Å². The van der Waals surface area contributed by atoms with Crippen LogP contribution in [0.1, 0.15) is 41.1 Å². The van der Waals surface area contributed by atoms with Gasteiger partial charge in [0, 0.05) is 34.3 Å². The van der Waals surface area contributed by atoms with Gasteiger partial charge in [-0.2, -0.15) is 0 Å². The molecule has 4 rings (SSSR count). The fourth-order valence-electron chi connectivity index (χ4n) is 4.62. The largest absolute Gasteiger partial charge is 0.352 e. The Morgan fingerprint density at radius 3 is 2.53 bits per heavy atom. The van der Waals surface area contributed by atoms with Gasteiger partial charge in [0.15, 0.2) is 5.11 Å². The van der Waals surface area contributed by atoms with Gasteiger partial charge in [-0.05, 0) is 101 Å². The topological polar surface area (TPSA) is 36.3 Å². The van der Waals surface area contributed by atoms with Gasteiger partial charge in [-0.15, -0.1) is 0 Å². The zero-order valence-electron chi connectivity index (χ0n) is 19.0. The van der Waals surface area contributed by atoms with Gasteiger partial charge in [-0.1, -0.05) is 22.0 Å². The van der Waals surface area contributed by atoms with Crippen molar-refractivity contribution in [3.63, 3.8) is 0 Å². The van der Waals surface area contributed by atoms with E-state index in [1.54, 1.807) is 0 Å². The summed E-state index contributed by atoms with van der Waals surface area (Å²) in [5, 5.41) is 4.38. The van der Waals surface area contributed by atoms with E-state index < -0.39 is 0 Å². The molecule has 0 bridgehead atoms. The van der Waals surface area contributed by atoms with E-state index in [1.165, 1.54) is 17.0 Å². The van der Waals surface area contributed by atoms with Gasteiger partial charge >= 0.3 is 0 Å². The van der Waals surface area contributed by atoms with Crippen molar-refractivity contribution in [2.24, 2.45) is 0 Å². The molecule has 1 aliphatic rings. The van der Waals surface area contributed by atoms with Crippen molar-refractivity contribution in [1.82, 2.24) is 24.7 Å². The van der Waals surface area contributed by atoms with Crippen molar-refractivity contribution >= 4 is 33.3 Å². The monoisotopic (exact) mass is 511 g/mol. The smallest absolute Gasteiger partial charge is 0.170 e. The lowest BCUT2D eigenvalue weighted by Crippen LogP contribution is -2.32. The minimum Gasteiger partial charge on any atom is -0.352 e. The Kier molecular flexibility index (Phi) is 6.98. The number of halogens is 1. The summed E-state index contributed by atoms with van der Waals surface area (Å²) in [4.78, 5) is 9.24. The first-order chi connectivity index (χ1) is 15.4. The van der Waals surface area contributed by atoms with Crippen LogP contribution in [0.3, 0.4) is 0 Å². The summed E-state index contributed by atoms with van der Waals surface area (Å²) in [5.41, 5.74) is 5.92. The molecule has 0 amide bonds. The molecule has 0 saturated carbocycles. The molecule has 0 aliphatic carbocycles. The van der Waals surface area contributed by atoms with Crippen molar-refractivity contribution in [2.75, 3.05) is 27.2 Å². The van der Waals surface area contributed by atoms with Gasteiger partial charge in [-0.25, -0.2) is 0 Å². The van der Waals surface area contributed by atoms with E-state index in [0.29, 0.717) is 0 Å². The minimum atomic E-state index is 0.0157. The van der Waals surface area contributed by atoms with Crippen molar-refractivity contribution in [1.29, 1.82) is 0 Å². The van der Waals surface area contributed by atoms with Crippen LogP contribution in [-0.2, 0) is 0 Å². The number of hydrogen-bond acceptors (Lipinski definition) is 3. The Morgan fingerprint density at radius 2 is 1.88 bits per heavy atom. The maximum atomic E-state index is 5.83. The highest BCUT2D eigenvalue weighted by molar-refractivity contribution is 9.10. The zero-order chi connectivity index (χ0) is 22.8. The summed E-state index contributed by atoms with van der Waals surface area (Å²) >= 11 is 9.37. The number of nitrogens with one attached hydrogen (secondary N) is 1. The molecule has 168 valence electrons. The van der Waals surface area contributed by atoms with Gasteiger partial charge in [0.1, 0.15) is 0 Å². The first-order valence-corrected chi connectivity index (χ1v) is 12.1. The number of aromatic nitrogens is 2. The van der Waals surface area contributed by atoms with Crippen LogP contribution < -0.4 is 5.32 Å². The Hall–Kier alpha value is -2.22. The Bertz CT molecular complexity index is 1080. The SMILES string of the molecule is Cc1cc([C@H]2[C@@H](c3ccccn3)NC(=S)N2CCCN(C)C)c(C)n1-c1ccc(Br)cc1. The third-order valence-corrected chi connectivity index (χ3v) is 6.96. The normalized spacial score (nSPS) is 18.4. The summed E-state index contributed by atoms with van der Waals surface area (Å²) in [6.45, 7) is 6.31. The molecule has 0 radical (unpaired) electrons. The Morgan fingerprint density at radius 1 is 1.12 bits per heavy atom. The molecule has 0 unspecified atom stereocenters. The molecule has 7 heteroatoms. The van der Waals surface area contributed by atoms with Crippen LogP contribution in [0.15, 0.2) is 59.2 Å². The maximum Gasteiger partial charge on any atom is 0.170 e. The highest BCUT2D eigenvalue weighted by Crippen LogP contribution is 2.41. The number of nitrogens with zero attached hydrogens (tertiary/aromatic N) is 4. The molecule has 1 fully saturated rings. The first kappa shape index (κ1) is 23.0. The predicted octanol–water partition coefficient (Wildman–Crippen LogP) is 5.18. The van der Waals surface area contributed by atoms with E-state index in [9.17, 15) is 0 Å². The van der Waals surface area contributed by atoms with Crippen molar-refractivity contribution in [3.05, 3.63) is 81.8 Å². The van der Waals surface area contributed by atoms with E-state index in [4.69, 9.17) is 12.2 Å². The number of hydrogen-bond donors (Lipinski definition) is 1.